The van der Waals surface area contributed by atoms with Crippen molar-refractivity contribution >= 4 is 12.6 Å². The molecule has 3 heteroatoms. The predicted molar refractivity (Wildman–Crippen MR) is 65.7 cm³/mol. The van der Waals surface area contributed by atoms with Crippen LogP contribution in [-0.4, -0.2) is 25.6 Å². The van der Waals surface area contributed by atoms with Crippen molar-refractivity contribution in [2.24, 2.45) is 0 Å². The maximum atomic E-state index is 5.45. The number of rotatable bonds is 7. The van der Waals surface area contributed by atoms with Gasteiger partial charge in [0.2, 0.25) is 0 Å². The Labute approximate surface area is 96.3 Å². The fourth-order valence-electron chi connectivity index (χ4n) is 0.997. The molecule has 0 aromatic heterocycles. The Hall–Kier alpha value is -0.930. The Morgan fingerprint density at radius 2 is 1.93 bits per heavy atom. The van der Waals surface area contributed by atoms with Crippen molar-refractivity contribution in [3.8, 4) is 5.75 Å². The lowest BCUT2D eigenvalue weighted by atomic mass is 10.3. The van der Waals surface area contributed by atoms with Gasteiger partial charge in [-0.15, -0.1) is 0 Å². The first-order valence-electron chi connectivity index (χ1n) is 4.86. The molecule has 15 heavy (non-hydrogen) atoms. The molecule has 0 spiro atoms. The van der Waals surface area contributed by atoms with Crippen LogP contribution in [0.15, 0.2) is 42.5 Å². The Morgan fingerprint density at radius 1 is 1.20 bits per heavy atom. The molecule has 0 aliphatic carbocycles. The fourth-order valence-corrected chi connectivity index (χ4v) is 1.09. The summed E-state index contributed by atoms with van der Waals surface area (Å²) in [4.78, 5) is 0. The summed E-state index contributed by atoms with van der Waals surface area (Å²) in [6, 6.07) is 9.69. The maximum Gasteiger partial charge on any atom is 0.119 e. The standard InChI is InChI=1S/C12H16O2S/c1-11(10-15)9-13-7-8-14-12-5-3-2-4-6-12/h2-6,15H,1,7-10H2. The van der Waals surface area contributed by atoms with E-state index >= 15 is 0 Å². The highest BCUT2D eigenvalue weighted by atomic mass is 32.1. The van der Waals surface area contributed by atoms with E-state index in [-0.39, 0.29) is 0 Å². The largest absolute Gasteiger partial charge is 0.491 e. The van der Waals surface area contributed by atoms with Crippen LogP contribution in [0.2, 0.25) is 0 Å². The zero-order chi connectivity index (χ0) is 10.9. The molecule has 0 unspecified atom stereocenters. The molecule has 0 radical (unpaired) electrons. The number of ether oxygens (including phenoxy) is 2. The van der Waals surface area contributed by atoms with E-state index < -0.39 is 0 Å². The molecule has 0 fully saturated rings. The predicted octanol–water partition coefficient (Wildman–Crippen LogP) is 2.57. The molecule has 1 aromatic carbocycles. The lowest BCUT2D eigenvalue weighted by molar-refractivity contribution is 0.117. The molecule has 0 N–H and O–H groups in total. The van der Waals surface area contributed by atoms with Crippen molar-refractivity contribution in [2.45, 2.75) is 0 Å². The summed E-state index contributed by atoms with van der Waals surface area (Å²) in [5.74, 6) is 1.54. The van der Waals surface area contributed by atoms with Crippen molar-refractivity contribution in [3.63, 3.8) is 0 Å². The zero-order valence-corrected chi connectivity index (χ0v) is 9.58. The van der Waals surface area contributed by atoms with Gasteiger partial charge >= 0.3 is 0 Å². The average molecular weight is 224 g/mol. The summed E-state index contributed by atoms with van der Waals surface area (Å²) in [7, 11) is 0. The quantitative estimate of drug-likeness (QED) is 0.436. The lowest BCUT2D eigenvalue weighted by Crippen LogP contribution is -2.08. The van der Waals surface area contributed by atoms with Gasteiger partial charge in [0.05, 0.1) is 13.2 Å². The van der Waals surface area contributed by atoms with E-state index in [1.165, 1.54) is 0 Å². The highest BCUT2D eigenvalue weighted by Gasteiger charge is 1.93. The van der Waals surface area contributed by atoms with Crippen molar-refractivity contribution < 1.29 is 9.47 Å². The Balaban J connectivity index is 2.05. The van der Waals surface area contributed by atoms with Gasteiger partial charge in [-0.1, -0.05) is 24.8 Å². The summed E-state index contributed by atoms with van der Waals surface area (Å²) in [6.45, 7) is 5.47. The van der Waals surface area contributed by atoms with E-state index in [0.29, 0.717) is 25.6 Å². The minimum absolute atomic E-state index is 0.557. The van der Waals surface area contributed by atoms with Crippen LogP contribution in [0.4, 0.5) is 0 Å². The van der Waals surface area contributed by atoms with Crippen molar-refractivity contribution in [3.05, 3.63) is 42.5 Å². The summed E-state index contributed by atoms with van der Waals surface area (Å²) in [5.41, 5.74) is 0.984. The Kier molecular flexibility index (Phi) is 5.97. The molecule has 0 bridgehead atoms. The van der Waals surface area contributed by atoms with Crippen molar-refractivity contribution in [2.75, 3.05) is 25.6 Å². The van der Waals surface area contributed by atoms with Crippen LogP contribution in [0, 0.1) is 0 Å². The minimum atomic E-state index is 0.557. The molecular formula is C12H16O2S. The number of para-hydroxylation sites is 1. The molecule has 0 saturated heterocycles. The Bertz CT molecular complexity index is 285. The summed E-state index contributed by atoms with van der Waals surface area (Å²) in [5, 5.41) is 0. The van der Waals surface area contributed by atoms with Gasteiger partial charge in [0.15, 0.2) is 0 Å². The highest BCUT2D eigenvalue weighted by Crippen LogP contribution is 2.07. The molecular weight excluding hydrogens is 208 g/mol. The number of thiol groups is 1. The first-order valence-corrected chi connectivity index (χ1v) is 5.49. The van der Waals surface area contributed by atoms with Crippen LogP contribution in [0.3, 0.4) is 0 Å². The van der Waals surface area contributed by atoms with Gasteiger partial charge in [0, 0.05) is 5.75 Å². The van der Waals surface area contributed by atoms with E-state index in [1.54, 1.807) is 0 Å². The van der Waals surface area contributed by atoms with Gasteiger partial charge in [-0.05, 0) is 17.7 Å². The smallest absolute Gasteiger partial charge is 0.119 e. The van der Waals surface area contributed by atoms with E-state index in [2.05, 4.69) is 19.2 Å². The fraction of sp³-hybridized carbons (Fsp3) is 0.333. The third-order valence-corrected chi connectivity index (χ3v) is 2.22. The molecule has 0 aliphatic rings. The van der Waals surface area contributed by atoms with Gasteiger partial charge in [-0.25, -0.2) is 0 Å². The van der Waals surface area contributed by atoms with E-state index in [0.717, 1.165) is 11.3 Å². The topological polar surface area (TPSA) is 18.5 Å². The molecule has 0 saturated carbocycles. The second-order valence-electron chi connectivity index (χ2n) is 3.12. The van der Waals surface area contributed by atoms with Crippen LogP contribution >= 0.6 is 12.6 Å². The minimum Gasteiger partial charge on any atom is -0.491 e. The van der Waals surface area contributed by atoms with Crippen LogP contribution in [0.1, 0.15) is 0 Å². The number of benzene rings is 1. The van der Waals surface area contributed by atoms with Crippen LogP contribution in [-0.2, 0) is 4.74 Å². The van der Waals surface area contributed by atoms with Gasteiger partial charge in [0.25, 0.3) is 0 Å². The van der Waals surface area contributed by atoms with E-state index in [1.807, 2.05) is 30.3 Å². The highest BCUT2D eigenvalue weighted by molar-refractivity contribution is 7.80. The molecule has 0 aliphatic heterocycles. The summed E-state index contributed by atoms with van der Waals surface area (Å²) in [6.07, 6.45) is 0. The maximum absolute atomic E-state index is 5.45. The van der Waals surface area contributed by atoms with E-state index in [9.17, 15) is 0 Å². The molecule has 0 atom stereocenters. The SMILES string of the molecule is C=C(CS)COCCOc1ccccc1. The lowest BCUT2D eigenvalue weighted by Gasteiger charge is -2.07. The van der Waals surface area contributed by atoms with Gasteiger partial charge in [-0.3, -0.25) is 0 Å². The second kappa shape index (κ2) is 7.37. The number of hydrogen-bond donors (Lipinski definition) is 1. The molecule has 0 heterocycles. The first-order chi connectivity index (χ1) is 7.33. The van der Waals surface area contributed by atoms with Crippen LogP contribution < -0.4 is 4.74 Å². The molecule has 82 valence electrons. The normalized spacial score (nSPS) is 9.93. The van der Waals surface area contributed by atoms with Crippen LogP contribution in [0.5, 0.6) is 5.75 Å². The van der Waals surface area contributed by atoms with Gasteiger partial charge < -0.3 is 9.47 Å². The zero-order valence-electron chi connectivity index (χ0n) is 8.69. The molecule has 1 aromatic rings. The summed E-state index contributed by atoms with van der Waals surface area (Å²) < 4.78 is 10.8. The third-order valence-electron chi connectivity index (χ3n) is 1.77. The van der Waals surface area contributed by atoms with Crippen molar-refractivity contribution in [1.82, 2.24) is 0 Å². The molecule has 0 amide bonds. The van der Waals surface area contributed by atoms with Crippen molar-refractivity contribution in [1.29, 1.82) is 0 Å². The average Bonchev–Trinajstić information content (AvgIpc) is 2.29. The van der Waals surface area contributed by atoms with Gasteiger partial charge in [0.1, 0.15) is 12.4 Å². The molecule has 1 rings (SSSR count). The van der Waals surface area contributed by atoms with Gasteiger partial charge in [-0.2, -0.15) is 12.6 Å². The first kappa shape index (κ1) is 12.1. The van der Waals surface area contributed by atoms with E-state index in [4.69, 9.17) is 9.47 Å². The number of hydrogen-bond acceptors (Lipinski definition) is 3. The third kappa shape index (κ3) is 5.50. The molecule has 2 nitrogen and oxygen atoms in total. The Morgan fingerprint density at radius 3 is 2.60 bits per heavy atom. The summed E-state index contributed by atoms with van der Waals surface area (Å²) >= 11 is 4.09. The van der Waals surface area contributed by atoms with Crippen LogP contribution in [0.25, 0.3) is 0 Å². The monoisotopic (exact) mass is 224 g/mol. The second-order valence-corrected chi connectivity index (χ2v) is 3.44.